The van der Waals surface area contributed by atoms with Crippen LogP contribution in [-0.4, -0.2) is 49.2 Å². The number of hydroxylamine groups is 2. The second-order valence-corrected chi connectivity index (χ2v) is 4.36. The molecule has 4 nitrogen and oxygen atoms in total. The van der Waals surface area contributed by atoms with Crippen LogP contribution in [-0.2, 0) is 16.1 Å². The summed E-state index contributed by atoms with van der Waals surface area (Å²) in [6, 6.07) is 9.67. The van der Waals surface area contributed by atoms with E-state index in [-0.39, 0.29) is 5.97 Å². The summed E-state index contributed by atoms with van der Waals surface area (Å²) < 4.78 is 0. The van der Waals surface area contributed by atoms with E-state index < -0.39 is 0 Å². The van der Waals surface area contributed by atoms with E-state index in [1.54, 1.807) is 5.06 Å². The number of carbonyl (C=O) groups is 1. The number of rotatable bonds is 3. The number of piperazine rings is 1. The van der Waals surface area contributed by atoms with Gasteiger partial charge >= 0.3 is 5.97 Å². The summed E-state index contributed by atoms with van der Waals surface area (Å²) in [5, 5.41) is 1.76. The normalized spacial score (nSPS) is 17.9. The molecule has 1 heterocycles. The number of carbonyl (C=O) groups excluding carboxylic acids is 1. The van der Waals surface area contributed by atoms with Gasteiger partial charge in [-0.1, -0.05) is 30.3 Å². The van der Waals surface area contributed by atoms with Gasteiger partial charge in [-0.05, 0) is 12.6 Å². The average molecular weight is 234 g/mol. The van der Waals surface area contributed by atoms with Crippen molar-refractivity contribution < 1.29 is 9.63 Å². The molecule has 17 heavy (non-hydrogen) atoms. The van der Waals surface area contributed by atoms with Gasteiger partial charge < -0.3 is 9.74 Å². The van der Waals surface area contributed by atoms with E-state index in [0.29, 0.717) is 6.42 Å². The van der Waals surface area contributed by atoms with Gasteiger partial charge in [0.1, 0.15) is 0 Å². The number of benzene rings is 1. The Morgan fingerprint density at radius 2 is 1.82 bits per heavy atom. The molecular weight excluding hydrogens is 216 g/mol. The minimum absolute atomic E-state index is 0.180. The van der Waals surface area contributed by atoms with Crippen LogP contribution in [0.2, 0.25) is 0 Å². The molecule has 2 rings (SSSR count). The molecule has 1 aliphatic heterocycles. The smallest absolute Gasteiger partial charge is 0.329 e. The maximum atomic E-state index is 11.7. The van der Waals surface area contributed by atoms with Gasteiger partial charge in [0.15, 0.2) is 0 Å². The highest BCUT2D eigenvalue weighted by Crippen LogP contribution is 2.04. The lowest BCUT2D eigenvalue weighted by Gasteiger charge is -2.30. The topological polar surface area (TPSA) is 32.8 Å². The van der Waals surface area contributed by atoms with Crippen molar-refractivity contribution in [3.8, 4) is 0 Å². The van der Waals surface area contributed by atoms with Crippen LogP contribution in [0.1, 0.15) is 5.56 Å². The quantitative estimate of drug-likeness (QED) is 0.779. The van der Waals surface area contributed by atoms with Crippen LogP contribution in [0.3, 0.4) is 0 Å². The number of hydrogen-bond acceptors (Lipinski definition) is 4. The van der Waals surface area contributed by atoms with Crippen LogP contribution in [0, 0.1) is 0 Å². The van der Waals surface area contributed by atoms with E-state index in [0.717, 1.165) is 31.7 Å². The second-order valence-electron chi connectivity index (χ2n) is 4.36. The third-order valence-corrected chi connectivity index (χ3v) is 2.88. The second kappa shape index (κ2) is 5.80. The van der Waals surface area contributed by atoms with Gasteiger partial charge in [-0.25, -0.2) is 4.79 Å². The maximum Gasteiger partial charge on any atom is 0.329 e. The molecular formula is C13H18N2O2. The van der Waals surface area contributed by atoms with Crippen molar-refractivity contribution in [2.75, 3.05) is 33.2 Å². The summed E-state index contributed by atoms with van der Waals surface area (Å²) in [5.74, 6) is -0.180. The highest BCUT2D eigenvalue weighted by Gasteiger charge is 2.17. The van der Waals surface area contributed by atoms with Crippen molar-refractivity contribution in [3.63, 3.8) is 0 Å². The molecule has 0 bridgehead atoms. The summed E-state index contributed by atoms with van der Waals surface area (Å²) in [5.41, 5.74) is 0.992. The van der Waals surface area contributed by atoms with Gasteiger partial charge in [0, 0.05) is 26.2 Å². The van der Waals surface area contributed by atoms with Crippen molar-refractivity contribution in [3.05, 3.63) is 35.9 Å². The third-order valence-electron chi connectivity index (χ3n) is 2.88. The zero-order chi connectivity index (χ0) is 12.1. The Morgan fingerprint density at radius 1 is 1.18 bits per heavy atom. The van der Waals surface area contributed by atoms with Crippen LogP contribution in [0.15, 0.2) is 30.3 Å². The minimum Gasteiger partial charge on any atom is -0.367 e. The molecule has 4 heteroatoms. The lowest BCUT2D eigenvalue weighted by molar-refractivity contribution is -0.196. The van der Waals surface area contributed by atoms with Crippen LogP contribution < -0.4 is 0 Å². The molecule has 1 aromatic rings. The molecule has 1 aromatic carbocycles. The Bertz CT molecular complexity index is 359. The minimum atomic E-state index is -0.180. The Kier molecular flexibility index (Phi) is 4.12. The molecule has 0 amide bonds. The molecule has 92 valence electrons. The fourth-order valence-electron chi connectivity index (χ4n) is 1.82. The van der Waals surface area contributed by atoms with Crippen LogP contribution in [0.25, 0.3) is 0 Å². The van der Waals surface area contributed by atoms with Crippen LogP contribution in [0.5, 0.6) is 0 Å². The maximum absolute atomic E-state index is 11.7. The first kappa shape index (κ1) is 12.1. The molecule has 1 saturated heterocycles. The monoisotopic (exact) mass is 234 g/mol. The van der Waals surface area contributed by atoms with E-state index in [1.807, 2.05) is 30.3 Å². The largest absolute Gasteiger partial charge is 0.367 e. The summed E-state index contributed by atoms with van der Waals surface area (Å²) in [6.07, 6.45) is 0.340. The van der Waals surface area contributed by atoms with Gasteiger partial charge in [0.05, 0.1) is 6.42 Å². The van der Waals surface area contributed by atoms with Crippen molar-refractivity contribution in [1.29, 1.82) is 0 Å². The van der Waals surface area contributed by atoms with E-state index in [9.17, 15) is 4.79 Å². The average Bonchev–Trinajstić information content (AvgIpc) is 2.33. The van der Waals surface area contributed by atoms with Crippen LogP contribution >= 0.6 is 0 Å². The van der Waals surface area contributed by atoms with Gasteiger partial charge in [0.25, 0.3) is 0 Å². The highest BCUT2D eigenvalue weighted by atomic mass is 16.7. The Morgan fingerprint density at radius 3 is 2.47 bits per heavy atom. The van der Waals surface area contributed by atoms with Crippen molar-refractivity contribution in [2.24, 2.45) is 0 Å². The van der Waals surface area contributed by atoms with Crippen molar-refractivity contribution >= 4 is 5.97 Å². The molecule has 0 aromatic heterocycles. The van der Waals surface area contributed by atoms with Gasteiger partial charge in [0.2, 0.25) is 0 Å². The molecule has 0 saturated carbocycles. The Labute approximate surface area is 102 Å². The molecule has 0 unspecified atom stereocenters. The molecule has 1 aliphatic rings. The van der Waals surface area contributed by atoms with Crippen molar-refractivity contribution in [2.45, 2.75) is 6.42 Å². The number of nitrogens with zero attached hydrogens (tertiary/aromatic N) is 2. The highest BCUT2D eigenvalue weighted by molar-refractivity contribution is 5.72. The predicted octanol–water partition coefficient (Wildman–Crippen LogP) is 0.935. The first-order valence-electron chi connectivity index (χ1n) is 5.92. The first-order valence-corrected chi connectivity index (χ1v) is 5.92. The zero-order valence-electron chi connectivity index (χ0n) is 10.1. The zero-order valence-corrected chi connectivity index (χ0v) is 10.1. The van der Waals surface area contributed by atoms with Crippen molar-refractivity contribution in [1.82, 2.24) is 9.96 Å². The van der Waals surface area contributed by atoms with Gasteiger partial charge in [-0.15, -0.1) is 5.06 Å². The number of hydrogen-bond donors (Lipinski definition) is 0. The Hall–Kier alpha value is -1.39. The lowest BCUT2D eigenvalue weighted by atomic mass is 10.2. The van der Waals surface area contributed by atoms with E-state index in [2.05, 4.69) is 11.9 Å². The van der Waals surface area contributed by atoms with E-state index in [1.165, 1.54) is 0 Å². The fourth-order valence-corrected chi connectivity index (χ4v) is 1.82. The SMILES string of the molecule is CN1CCN(OC(=O)Cc2ccccc2)CC1. The first-order chi connectivity index (χ1) is 8.24. The lowest BCUT2D eigenvalue weighted by Crippen LogP contribution is -2.45. The molecule has 0 N–H and O–H groups in total. The summed E-state index contributed by atoms with van der Waals surface area (Å²) in [6.45, 7) is 3.46. The molecule has 0 spiro atoms. The summed E-state index contributed by atoms with van der Waals surface area (Å²) in [7, 11) is 2.07. The van der Waals surface area contributed by atoms with E-state index >= 15 is 0 Å². The number of likely N-dealkylation sites (N-methyl/N-ethyl adjacent to an activating group) is 1. The molecule has 0 aliphatic carbocycles. The summed E-state index contributed by atoms with van der Waals surface area (Å²) >= 11 is 0. The van der Waals surface area contributed by atoms with E-state index in [4.69, 9.17) is 4.84 Å². The van der Waals surface area contributed by atoms with Crippen LogP contribution in [0.4, 0.5) is 0 Å². The van der Waals surface area contributed by atoms with Gasteiger partial charge in [-0.3, -0.25) is 0 Å². The molecule has 0 atom stereocenters. The molecule has 0 radical (unpaired) electrons. The predicted molar refractivity (Wildman–Crippen MR) is 65.3 cm³/mol. The third kappa shape index (κ3) is 3.84. The standard InChI is InChI=1S/C13H18N2O2/c1-14-7-9-15(10-8-14)17-13(16)11-12-5-3-2-4-6-12/h2-6H,7-11H2,1H3. The fraction of sp³-hybridized carbons (Fsp3) is 0.462. The molecule has 1 fully saturated rings. The van der Waals surface area contributed by atoms with Gasteiger partial charge in [-0.2, -0.15) is 0 Å². The Balaban J connectivity index is 1.78. The summed E-state index contributed by atoms with van der Waals surface area (Å²) in [4.78, 5) is 19.2.